The van der Waals surface area contributed by atoms with Crippen molar-refractivity contribution in [2.24, 2.45) is 5.10 Å². The molecule has 0 spiro atoms. The highest BCUT2D eigenvalue weighted by atomic mass is 16.7. The van der Waals surface area contributed by atoms with Crippen LogP contribution in [0.15, 0.2) is 65.8 Å². The van der Waals surface area contributed by atoms with Gasteiger partial charge < -0.3 is 9.47 Å². The van der Waals surface area contributed by atoms with Crippen LogP contribution in [0, 0.1) is 17.0 Å². The fourth-order valence-electron chi connectivity index (χ4n) is 4.14. The number of benzene rings is 3. The summed E-state index contributed by atoms with van der Waals surface area (Å²) in [4.78, 5) is 29.0. The van der Waals surface area contributed by atoms with Gasteiger partial charge in [-0.1, -0.05) is 49.7 Å². The van der Waals surface area contributed by atoms with E-state index in [1.165, 1.54) is 23.9 Å². The molecule has 0 aliphatic carbocycles. The number of aryl methyl sites for hydroxylation is 1. The van der Waals surface area contributed by atoms with Gasteiger partial charge in [-0.05, 0) is 42.7 Å². The number of pyridine rings is 1. The molecule has 37 heavy (non-hydrogen) atoms. The Morgan fingerprint density at radius 1 is 1.08 bits per heavy atom. The lowest BCUT2D eigenvalue weighted by Crippen LogP contribution is -2.18. The van der Waals surface area contributed by atoms with Crippen molar-refractivity contribution in [2.45, 2.75) is 26.7 Å². The van der Waals surface area contributed by atoms with Crippen molar-refractivity contribution in [2.75, 3.05) is 6.79 Å². The van der Waals surface area contributed by atoms with Gasteiger partial charge in [0.1, 0.15) is 0 Å². The number of fused-ring (bicyclic) bond motifs is 2. The number of nitro groups is 1. The van der Waals surface area contributed by atoms with Gasteiger partial charge in [-0.2, -0.15) is 5.10 Å². The van der Waals surface area contributed by atoms with Gasteiger partial charge in [-0.25, -0.2) is 10.4 Å². The number of nitrogens with one attached hydrogen (secondary N) is 1. The average Bonchev–Trinajstić information content (AvgIpc) is 3.35. The summed E-state index contributed by atoms with van der Waals surface area (Å²) in [5.41, 5.74) is 7.29. The number of hydrogen-bond acceptors (Lipinski definition) is 7. The molecular formula is C28H24N4O5. The first-order valence-corrected chi connectivity index (χ1v) is 11.7. The predicted molar refractivity (Wildman–Crippen MR) is 140 cm³/mol. The summed E-state index contributed by atoms with van der Waals surface area (Å²) < 4.78 is 10.5. The van der Waals surface area contributed by atoms with Crippen LogP contribution in [0.4, 0.5) is 5.69 Å². The molecule has 4 aromatic rings. The Hall–Kier alpha value is -4.79. The Morgan fingerprint density at radius 2 is 1.81 bits per heavy atom. The molecule has 1 N–H and O–H groups in total. The summed E-state index contributed by atoms with van der Waals surface area (Å²) >= 11 is 0. The van der Waals surface area contributed by atoms with Gasteiger partial charge in [0.05, 0.1) is 39.5 Å². The zero-order chi connectivity index (χ0) is 26.1. The van der Waals surface area contributed by atoms with E-state index in [-0.39, 0.29) is 18.0 Å². The summed E-state index contributed by atoms with van der Waals surface area (Å²) in [5.74, 6) is 0.613. The zero-order valence-corrected chi connectivity index (χ0v) is 20.5. The predicted octanol–water partition coefficient (Wildman–Crippen LogP) is 5.73. The molecule has 2 heterocycles. The zero-order valence-electron chi connectivity index (χ0n) is 20.5. The minimum atomic E-state index is -0.541. The number of hydrazone groups is 1. The Balaban J connectivity index is 1.48. The lowest BCUT2D eigenvalue weighted by Gasteiger charge is -2.11. The van der Waals surface area contributed by atoms with Crippen molar-refractivity contribution in [3.8, 4) is 22.8 Å². The van der Waals surface area contributed by atoms with Crippen LogP contribution in [0.5, 0.6) is 11.5 Å². The minimum absolute atomic E-state index is 0.0130. The lowest BCUT2D eigenvalue weighted by atomic mass is 9.99. The van der Waals surface area contributed by atoms with Crippen LogP contribution in [0.2, 0.25) is 0 Å². The van der Waals surface area contributed by atoms with Gasteiger partial charge in [0.25, 0.3) is 11.6 Å². The highest BCUT2D eigenvalue weighted by Gasteiger charge is 2.22. The van der Waals surface area contributed by atoms with E-state index in [1.54, 1.807) is 6.07 Å². The summed E-state index contributed by atoms with van der Waals surface area (Å²) in [6.45, 7) is 6.19. The number of aromatic nitrogens is 1. The van der Waals surface area contributed by atoms with Crippen LogP contribution >= 0.6 is 0 Å². The summed E-state index contributed by atoms with van der Waals surface area (Å²) in [7, 11) is 0. The van der Waals surface area contributed by atoms with E-state index in [1.807, 2.05) is 37.3 Å². The second-order valence-electron chi connectivity index (χ2n) is 9.07. The van der Waals surface area contributed by atoms with Gasteiger partial charge in [-0.3, -0.25) is 14.9 Å². The number of carbonyl (C=O) groups excluding carboxylic acids is 1. The molecule has 1 aliphatic heterocycles. The monoisotopic (exact) mass is 496 g/mol. The minimum Gasteiger partial charge on any atom is -0.454 e. The molecule has 1 amide bonds. The first kappa shape index (κ1) is 23.9. The Labute approximate surface area is 212 Å². The second kappa shape index (κ2) is 9.69. The van der Waals surface area contributed by atoms with Crippen molar-refractivity contribution in [3.05, 3.63) is 93.0 Å². The topological polar surface area (TPSA) is 116 Å². The fraction of sp³-hybridized carbons (Fsp3) is 0.179. The molecule has 0 bridgehead atoms. The van der Waals surface area contributed by atoms with Gasteiger partial charge in [-0.15, -0.1) is 0 Å². The van der Waals surface area contributed by atoms with Gasteiger partial charge in [0.15, 0.2) is 11.5 Å². The normalized spacial score (nSPS) is 12.4. The SMILES string of the molecule is Cc1ccc2nc(-c3ccc(C(C)C)cc3)cc(C(=O)N/N=C/c3cc4c(cc3[N+](=O)[O-])OCO4)c2c1. The van der Waals surface area contributed by atoms with Crippen LogP contribution in [-0.2, 0) is 0 Å². The highest BCUT2D eigenvalue weighted by molar-refractivity contribution is 6.07. The third kappa shape index (κ3) is 4.84. The molecular weight excluding hydrogens is 472 g/mol. The first-order valence-electron chi connectivity index (χ1n) is 11.7. The highest BCUT2D eigenvalue weighted by Crippen LogP contribution is 2.37. The van der Waals surface area contributed by atoms with Crippen LogP contribution < -0.4 is 14.9 Å². The van der Waals surface area contributed by atoms with E-state index in [2.05, 4.69) is 36.5 Å². The van der Waals surface area contributed by atoms with E-state index in [9.17, 15) is 14.9 Å². The van der Waals surface area contributed by atoms with Gasteiger partial charge in [0.2, 0.25) is 6.79 Å². The quantitative estimate of drug-likeness (QED) is 0.207. The van der Waals surface area contributed by atoms with Crippen LogP contribution in [0.25, 0.3) is 22.2 Å². The van der Waals surface area contributed by atoms with E-state index < -0.39 is 10.8 Å². The maximum absolute atomic E-state index is 13.3. The maximum atomic E-state index is 13.3. The third-order valence-corrected chi connectivity index (χ3v) is 6.17. The Bertz CT molecular complexity index is 1560. The average molecular weight is 497 g/mol. The molecule has 9 heteroatoms. The summed E-state index contributed by atoms with van der Waals surface area (Å²) in [5, 5.41) is 16.2. The van der Waals surface area contributed by atoms with Crippen molar-refractivity contribution >= 4 is 28.7 Å². The lowest BCUT2D eigenvalue weighted by molar-refractivity contribution is -0.385. The molecule has 1 aromatic heterocycles. The van der Waals surface area contributed by atoms with Crippen molar-refractivity contribution < 1.29 is 19.2 Å². The standard InChI is InChI=1S/C28H24N4O5/c1-16(2)18-5-7-19(8-6-18)24-12-22(21-10-17(3)4-9-23(21)30-24)28(33)31-29-14-20-11-26-27(37-15-36-26)13-25(20)32(34)35/h4-14,16H,15H2,1-3H3,(H,31,33)/b29-14+. The van der Waals surface area contributed by atoms with Gasteiger partial charge in [0, 0.05) is 10.9 Å². The van der Waals surface area contributed by atoms with Crippen molar-refractivity contribution in [1.82, 2.24) is 10.4 Å². The Morgan fingerprint density at radius 3 is 2.51 bits per heavy atom. The number of rotatable bonds is 6. The van der Waals surface area contributed by atoms with Crippen molar-refractivity contribution in [1.29, 1.82) is 0 Å². The number of nitrogens with zero attached hydrogens (tertiary/aromatic N) is 3. The number of carbonyl (C=O) groups is 1. The number of amides is 1. The summed E-state index contributed by atoms with van der Waals surface area (Å²) in [6, 6.07) is 18.3. The molecule has 186 valence electrons. The number of nitro benzene ring substituents is 1. The van der Waals surface area contributed by atoms with Crippen molar-refractivity contribution in [3.63, 3.8) is 0 Å². The van der Waals surface area contributed by atoms with E-state index in [4.69, 9.17) is 14.5 Å². The smallest absolute Gasteiger partial charge is 0.282 e. The van der Waals surface area contributed by atoms with Crippen LogP contribution in [-0.4, -0.2) is 28.8 Å². The first-order chi connectivity index (χ1) is 17.8. The van der Waals surface area contributed by atoms with E-state index >= 15 is 0 Å². The molecule has 3 aromatic carbocycles. The maximum Gasteiger partial charge on any atom is 0.282 e. The third-order valence-electron chi connectivity index (χ3n) is 6.17. The summed E-state index contributed by atoms with van der Waals surface area (Å²) in [6.07, 6.45) is 1.22. The Kier molecular flexibility index (Phi) is 6.27. The molecule has 5 rings (SSSR count). The molecule has 0 fully saturated rings. The molecule has 0 saturated heterocycles. The second-order valence-corrected chi connectivity index (χ2v) is 9.07. The molecule has 0 unspecified atom stereocenters. The number of hydrogen-bond donors (Lipinski definition) is 1. The van der Waals surface area contributed by atoms with E-state index in [0.29, 0.717) is 39.6 Å². The molecule has 1 aliphatic rings. The molecule has 0 saturated carbocycles. The fourth-order valence-corrected chi connectivity index (χ4v) is 4.14. The molecule has 9 nitrogen and oxygen atoms in total. The number of ether oxygens (including phenoxy) is 2. The largest absolute Gasteiger partial charge is 0.454 e. The molecule has 0 atom stereocenters. The van der Waals surface area contributed by atoms with E-state index in [0.717, 1.165) is 11.1 Å². The van der Waals surface area contributed by atoms with Gasteiger partial charge >= 0.3 is 0 Å². The molecule has 0 radical (unpaired) electrons. The van der Waals surface area contributed by atoms with Crippen LogP contribution in [0.3, 0.4) is 0 Å². The van der Waals surface area contributed by atoms with Crippen LogP contribution in [0.1, 0.15) is 46.8 Å².